The first-order chi connectivity index (χ1) is 16.3. The molecule has 0 aromatic rings. The molecule has 0 aliphatic heterocycles. The van der Waals surface area contributed by atoms with Crippen LogP contribution in [-0.2, 0) is 28.8 Å². The standard InChI is InChI=1S/C21H38N6O8/c1-11(2)17(20(33)26-14(21(34)35)5-3-4-10-22)27-19(32)13(7-8-15(24)28)25-18(31)12(23)6-9-16(29)30/h11-14,17H,3-10,22-23H2,1-2H3,(H2,24,28)(H,25,31)(H,26,33)(H,27,32)(H,29,30)(H,34,35). The molecule has 0 bridgehead atoms. The van der Waals surface area contributed by atoms with E-state index in [1.807, 2.05) is 0 Å². The molecule has 200 valence electrons. The van der Waals surface area contributed by atoms with Crippen molar-refractivity contribution in [1.82, 2.24) is 16.0 Å². The molecule has 35 heavy (non-hydrogen) atoms. The van der Waals surface area contributed by atoms with Crippen molar-refractivity contribution in [2.45, 2.75) is 83.0 Å². The topological polar surface area (TPSA) is 257 Å². The molecule has 0 aliphatic rings. The maximum absolute atomic E-state index is 12.9. The van der Waals surface area contributed by atoms with Gasteiger partial charge in [0.1, 0.15) is 18.1 Å². The fourth-order valence-corrected chi connectivity index (χ4v) is 3.04. The number of primary amides is 1. The first kappa shape index (κ1) is 31.7. The minimum atomic E-state index is -1.29. The van der Waals surface area contributed by atoms with Gasteiger partial charge < -0.3 is 43.4 Å². The number of carbonyl (C=O) groups excluding carboxylic acids is 4. The van der Waals surface area contributed by atoms with E-state index in [4.69, 9.17) is 22.3 Å². The summed E-state index contributed by atoms with van der Waals surface area (Å²) in [4.78, 5) is 71.4. The summed E-state index contributed by atoms with van der Waals surface area (Å²) in [5.74, 6) is -5.92. The van der Waals surface area contributed by atoms with Gasteiger partial charge in [-0.05, 0) is 44.6 Å². The molecule has 14 nitrogen and oxygen atoms in total. The number of carboxylic acids is 2. The number of rotatable bonds is 18. The van der Waals surface area contributed by atoms with Crippen molar-refractivity contribution >= 4 is 35.6 Å². The Labute approximate surface area is 203 Å². The van der Waals surface area contributed by atoms with Gasteiger partial charge in [0, 0.05) is 12.8 Å². The molecule has 14 heteroatoms. The van der Waals surface area contributed by atoms with E-state index < -0.39 is 65.7 Å². The average molecular weight is 503 g/mol. The Bertz CT molecular complexity index is 760. The second-order valence-electron chi connectivity index (χ2n) is 8.52. The normalized spacial score (nSPS) is 14.3. The first-order valence-corrected chi connectivity index (χ1v) is 11.4. The highest BCUT2D eigenvalue weighted by molar-refractivity contribution is 5.94. The van der Waals surface area contributed by atoms with Gasteiger partial charge in [0.15, 0.2) is 0 Å². The predicted molar refractivity (Wildman–Crippen MR) is 124 cm³/mol. The van der Waals surface area contributed by atoms with E-state index in [9.17, 15) is 33.9 Å². The molecule has 0 heterocycles. The largest absolute Gasteiger partial charge is 0.481 e. The van der Waals surface area contributed by atoms with Crippen molar-refractivity contribution in [2.75, 3.05) is 6.54 Å². The molecule has 4 amide bonds. The molecule has 0 aromatic carbocycles. The molecule has 0 aliphatic carbocycles. The van der Waals surface area contributed by atoms with E-state index >= 15 is 0 Å². The minimum absolute atomic E-state index is 0.155. The lowest BCUT2D eigenvalue weighted by Crippen LogP contribution is -2.58. The van der Waals surface area contributed by atoms with Crippen LogP contribution in [0.5, 0.6) is 0 Å². The van der Waals surface area contributed by atoms with Gasteiger partial charge in [-0.15, -0.1) is 0 Å². The zero-order valence-corrected chi connectivity index (χ0v) is 20.1. The van der Waals surface area contributed by atoms with Gasteiger partial charge in [-0.1, -0.05) is 13.8 Å². The van der Waals surface area contributed by atoms with Crippen LogP contribution in [0.2, 0.25) is 0 Å². The van der Waals surface area contributed by atoms with Crippen LogP contribution >= 0.6 is 0 Å². The van der Waals surface area contributed by atoms with Gasteiger partial charge >= 0.3 is 11.9 Å². The van der Waals surface area contributed by atoms with E-state index in [0.29, 0.717) is 19.4 Å². The fraction of sp³-hybridized carbons (Fsp3) is 0.714. The van der Waals surface area contributed by atoms with Crippen LogP contribution in [0.3, 0.4) is 0 Å². The lowest BCUT2D eigenvalue weighted by atomic mass is 10.0. The minimum Gasteiger partial charge on any atom is -0.481 e. The zero-order chi connectivity index (χ0) is 27.1. The summed E-state index contributed by atoms with van der Waals surface area (Å²) < 4.78 is 0. The van der Waals surface area contributed by atoms with E-state index in [1.165, 1.54) is 0 Å². The van der Waals surface area contributed by atoms with Gasteiger partial charge in [-0.2, -0.15) is 0 Å². The van der Waals surface area contributed by atoms with Crippen molar-refractivity contribution < 1.29 is 39.0 Å². The van der Waals surface area contributed by atoms with Crippen LogP contribution in [0.1, 0.15) is 58.8 Å². The Morgan fingerprint density at radius 2 is 1.37 bits per heavy atom. The van der Waals surface area contributed by atoms with Gasteiger partial charge in [0.05, 0.1) is 6.04 Å². The van der Waals surface area contributed by atoms with Crippen molar-refractivity contribution in [1.29, 1.82) is 0 Å². The lowest BCUT2D eigenvalue weighted by Gasteiger charge is -2.27. The summed E-state index contributed by atoms with van der Waals surface area (Å²) in [7, 11) is 0. The number of unbranched alkanes of at least 4 members (excludes halogenated alkanes) is 1. The molecule has 0 radical (unpaired) electrons. The third-order valence-corrected chi connectivity index (χ3v) is 5.13. The molecule has 0 fully saturated rings. The van der Waals surface area contributed by atoms with Gasteiger partial charge in [-0.25, -0.2) is 4.79 Å². The maximum Gasteiger partial charge on any atom is 0.326 e. The summed E-state index contributed by atoms with van der Waals surface area (Å²) in [5, 5.41) is 25.4. The first-order valence-electron chi connectivity index (χ1n) is 11.4. The smallest absolute Gasteiger partial charge is 0.326 e. The number of hydrogen-bond donors (Lipinski definition) is 8. The van der Waals surface area contributed by atoms with Crippen LogP contribution in [0, 0.1) is 5.92 Å². The number of nitrogens with two attached hydrogens (primary N) is 3. The van der Waals surface area contributed by atoms with Crippen molar-refractivity contribution in [3.05, 3.63) is 0 Å². The Morgan fingerprint density at radius 1 is 0.771 bits per heavy atom. The molecule has 0 saturated heterocycles. The summed E-state index contributed by atoms with van der Waals surface area (Å²) >= 11 is 0. The number of nitrogens with one attached hydrogen (secondary N) is 3. The van der Waals surface area contributed by atoms with E-state index in [2.05, 4.69) is 16.0 Å². The SMILES string of the molecule is CC(C)C(NC(=O)C(CCC(N)=O)NC(=O)C(N)CCC(=O)O)C(=O)NC(CCCCN)C(=O)O. The van der Waals surface area contributed by atoms with E-state index in [1.54, 1.807) is 13.8 Å². The van der Waals surface area contributed by atoms with E-state index in [0.717, 1.165) is 0 Å². The number of amides is 4. The molecule has 0 aromatic heterocycles. The van der Waals surface area contributed by atoms with Crippen LogP contribution in [0.4, 0.5) is 0 Å². The summed E-state index contributed by atoms with van der Waals surface area (Å²) in [6.45, 7) is 3.64. The van der Waals surface area contributed by atoms with Crippen molar-refractivity contribution in [2.24, 2.45) is 23.1 Å². The van der Waals surface area contributed by atoms with Crippen LogP contribution in [-0.4, -0.2) is 76.5 Å². The second kappa shape index (κ2) is 16.4. The number of carbonyl (C=O) groups is 6. The van der Waals surface area contributed by atoms with E-state index in [-0.39, 0.29) is 32.1 Å². The highest BCUT2D eigenvalue weighted by Gasteiger charge is 2.32. The Hall–Kier alpha value is -3.26. The van der Waals surface area contributed by atoms with Crippen molar-refractivity contribution in [3.8, 4) is 0 Å². The molecule has 0 rings (SSSR count). The highest BCUT2D eigenvalue weighted by Crippen LogP contribution is 2.08. The van der Waals surface area contributed by atoms with Gasteiger partial charge in [0.25, 0.3) is 0 Å². The van der Waals surface area contributed by atoms with Gasteiger partial charge in [-0.3, -0.25) is 24.0 Å². The van der Waals surface area contributed by atoms with Crippen LogP contribution < -0.4 is 33.2 Å². The second-order valence-corrected chi connectivity index (χ2v) is 8.52. The molecule has 4 atom stereocenters. The Balaban J connectivity index is 5.42. The quantitative estimate of drug-likeness (QED) is 0.0935. The Kier molecular flexibility index (Phi) is 14.9. The molecule has 0 spiro atoms. The number of hydrogen-bond acceptors (Lipinski definition) is 8. The molecule has 0 saturated carbocycles. The summed E-state index contributed by atoms with van der Waals surface area (Å²) in [6, 6.07) is -4.83. The summed E-state index contributed by atoms with van der Waals surface area (Å²) in [6.07, 6.45) is 0.227. The third kappa shape index (κ3) is 13.3. The highest BCUT2D eigenvalue weighted by atomic mass is 16.4. The maximum atomic E-state index is 12.9. The van der Waals surface area contributed by atoms with Crippen LogP contribution in [0.15, 0.2) is 0 Å². The average Bonchev–Trinajstić information content (AvgIpc) is 2.76. The molecule has 11 N–H and O–H groups in total. The Morgan fingerprint density at radius 3 is 1.86 bits per heavy atom. The molecular formula is C21H38N6O8. The van der Waals surface area contributed by atoms with Crippen LogP contribution in [0.25, 0.3) is 0 Å². The predicted octanol–water partition coefficient (Wildman–Crippen LogP) is -2.23. The lowest BCUT2D eigenvalue weighted by molar-refractivity contribution is -0.143. The monoisotopic (exact) mass is 502 g/mol. The number of carboxylic acid groups (broad SMARTS) is 2. The third-order valence-electron chi connectivity index (χ3n) is 5.13. The van der Waals surface area contributed by atoms with Gasteiger partial charge in [0.2, 0.25) is 23.6 Å². The number of aliphatic carboxylic acids is 2. The molecular weight excluding hydrogens is 464 g/mol. The molecule has 4 unspecified atom stereocenters. The fourth-order valence-electron chi connectivity index (χ4n) is 3.04. The summed E-state index contributed by atoms with van der Waals surface area (Å²) in [5.41, 5.74) is 16.2. The van der Waals surface area contributed by atoms with Crippen molar-refractivity contribution in [3.63, 3.8) is 0 Å². The zero-order valence-electron chi connectivity index (χ0n) is 20.1.